The first-order valence-electron chi connectivity index (χ1n) is 10.6. The summed E-state index contributed by atoms with van der Waals surface area (Å²) >= 11 is 6.09. The van der Waals surface area contributed by atoms with Gasteiger partial charge >= 0.3 is 0 Å². The Morgan fingerprint density at radius 2 is 1.79 bits per heavy atom. The molecule has 2 aromatic carbocycles. The van der Waals surface area contributed by atoms with Gasteiger partial charge in [0.1, 0.15) is 11.4 Å². The van der Waals surface area contributed by atoms with Crippen LogP contribution in [-0.4, -0.2) is 27.8 Å². The van der Waals surface area contributed by atoms with E-state index < -0.39 is 5.91 Å². The molecular weight excluding hydrogens is 438 g/mol. The number of halogens is 1. The SMILES string of the molecule is Cc1cc(Cl)ccc1NC1=C(c2ccc(OC(C)C)cc2)C(=O)N(Cc2ccccn2)C1=O. The third-order valence-corrected chi connectivity index (χ3v) is 5.41. The standard InChI is InChI=1S/C26H24ClN3O3/c1-16(2)33-21-10-7-18(8-11-21)23-24(29-22-12-9-19(27)14-17(22)3)26(32)30(25(23)31)15-20-6-4-5-13-28-20/h4-14,16,29H,15H2,1-3H3. The molecular formula is C26H24ClN3O3. The second-order valence-electron chi connectivity index (χ2n) is 8.04. The summed E-state index contributed by atoms with van der Waals surface area (Å²) in [5.41, 5.74) is 3.34. The van der Waals surface area contributed by atoms with Crippen molar-refractivity contribution >= 4 is 34.7 Å². The summed E-state index contributed by atoms with van der Waals surface area (Å²) in [4.78, 5) is 32.3. The highest BCUT2D eigenvalue weighted by Gasteiger charge is 2.39. The van der Waals surface area contributed by atoms with Crippen LogP contribution in [0.25, 0.3) is 5.57 Å². The van der Waals surface area contributed by atoms with Crippen molar-refractivity contribution in [2.24, 2.45) is 0 Å². The quantitative estimate of drug-likeness (QED) is 0.488. The molecule has 6 nitrogen and oxygen atoms in total. The molecule has 1 N–H and O–H groups in total. The van der Waals surface area contributed by atoms with Crippen LogP contribution in [0, 0.1) is 6.92 Å². The third kappa shape index (κ3) is 4.91. The minimum absolute atomic E-state index is 0.0312. The molecule has 0 saturated carbocycles. The number of benzene rings is 2. The van der Waals surface area contributed by atoms with Crippen LogP contribution < -0.4 is 10.1 Å². The minimum atomic E-state index is -0.405. The number of carbonyl (C=O) groups excluding carboxylic acids is 2. The summed E-state index contributed by atoms with van der Waals surface area (Å²) in [6.07, 6.45) is 1.67. The Morgan fingerprint density at radius 1 is 1.03 bits per heavy atom. The highest BCUT2D eigenvalue weighted by molar-refractivity contribution is 6.36. The van der Waals surface area contributed by atoms with Crippen LogP contribution in [0.5, 0.6) is 5.75 Å². The van der Waals surface area contributed by atoms with Gasteiger partial charge in [-0.1, -0.05) is 29.8 Å². The van der Waals surface area contributed by atoms with E-state index in [1.165, 1.54) is 4.90 Å². The van der Waals surface area contributed by atoms with Gasteiger partial charge in [0.05, 0.1) is 23.9 Å². The Balaban J connectivity index is 1.73. The molecule has 0 unspecified atom stereocenters. The van der Waals surface area contributed by atoms with Gasteiger partial charge in [0, 0.05) is 16.9 Å². The van der Waals surface area contributed by atoms with Gasteiger partial charge in [-0.15, -0.1) is 0 Å². The van der Waals surface area contributed by atoms with Crippen LogP contribution in [0.2, 0.25) is 5.02 Å². The lowest BCUT2D eigenvalue weighted by atomic mass is 10.0. The molecule has 0 saturated heterocycles. The van der Waals surface area contributed by atoms with E-state index in [4.69, 9.17) is 16.3 Å². The van der Waals surface area contributed by atoms with Gasteiger partial charge in [-0.2, -0.15) is 0 Å². The van der Waals surface area contributed by atoms with E-state index in [1.807, 2.05) is 26.8 Å². The van der Waals surface area contributed by atoms with Crippen molar-refractivity contribution in [3.8, 4) is 5.75 Å². The molecule has 0 aliphatic carbocycles. The maximum Gasteiger partial charge on any atom is 0.278 e. The first kappa shape index (κ1) is 22.6. The number of imide groups is 1. The second kappa shape index (κ2) is 9.46. The average Bonchev–Trinajstić information content (AvgIpc) is 3.01. The topological polar surface area (TPSA) is 71.5 Å². The van der Waals surface area contributed by atoms with Crippen molar-refractivity contribution < 1.29 is 14.3 Å². The van der Waals surface area contributed by atoms with Crippen LogP contribution >= 0.6 is 11.6 Å². The molecule has 0 bridgehead atoms. The van der Waals surface area contributed by atoms with E-state index >= 15 is 0 Å². The summed E-state index contributed by atoms with van der Waals surface area (Å²) in [7, 11) is 0. The molecule has 168 valence electrons. The first-order valence-corrected chi connectivity index (χ1v) is 11.0. The van der Waals surface area contributed by atoms with Gasteiger partial charge in [-0.25, -0.2) is 0 Å². The lowest BCUT2D eigenvalue weighted by Gasteiger charge is -2.15. The fourth-order valence-corrected chi connectivity index (χ4v) is 3.86. The zero-order valence-corrected chi connectivity index (χ0v) is 19.4. The molecule has 4 rings (SSSR count). The molecule has 0 fully saturated rings. The number of aryl methyl sites for hydroxylation is 1. The molecule has 2 amide bonds. The number of amides is 2. The van der Waals surface area contributed by atoms with Gasteiger partial charge < -0.3 is 10.1 Å². The van der Waals surface area contributed by atoms with Crippen LogP contribution in [-0.2, 0) is 16.1 Å². The Morgan fingerprint density at radius 3 is 2.42 bits per heavy atom. The van der Waals surface area contributed by atoms with E-state index in [2.05, 4.69) is 10.3 Å². The zero-order chi connectivity index (χ0) is 23.5. The molecule has 1 aromatic heterocycles. The van der Waals surface area contributed by atoms with Gasteiger partial charge in [0.2, 0.25) is 0 Å². The molecule has 0 radical (unpaired) electrons. The molecule has 2 heterocycles. The van der Waals surface area contributed by atoms with Gasteiger partial charge in [-0.3, -0.25) is 19.5 Å². The predicted octanol–water partition coefficient (Wildman–Crippen LogP) is 5.22. The van der Waals surface area contributed by atoms with E-state index in [0.29, 0.717) is 33.3 Å². The van der Waals surface area contributed by atoms with Crippen molar-refractivity contribution in [1.29, 1.82) is 0 Å². The van der Waals surface area contributed by atoms with Gasteiger partial charge in [0.15, 0.2) is 0 Å². The number of ether oxygens (including phenoxy) is 1. The Kier molecular flexibility index (Phi) is 6.47. The van der Waals surface area contributed by atoms with Crippen LogP contribution in [0.1, 0.15) is 30.7 Å². The second-order valence-corrected chi connectivity index (χ2v) is 8.48. The number of aromatic nitrogens is 1. The summed E-state index contributed by atoms with van der Waals surface area (Å²) in [6.45, 7) is 5.86. The molecule has 1 aliphatic heterocycles. The molecule has 33 heavy (non-hydrogen) atoms. The van der Waals surface area contributed by atoms with Gasteiger partial charge in [-0.05, 0) is 74.4 Å². The lowest BCUT2D eigenvalue weighted by molar-refractivity contribution is -0.137. The number of anilines is 1. The number of carbonyl (C=O) groups is 2. The summed E-state index contributed by atoms with van der Waals surface area (Å²) in [5, 5.41) is 3.78. The van der Waals surface area contributed by atoms with Crippen molar-refractivity contribution in [3.63, 3.8) is 0 Å². The number of pyridine rings is 1. The maximum atomic E-state index is 13.5. The van der Waals surface area contributed by atoms with Crippen LogP contribution in [0.15, 0.2) is 72.6 Å². The Hall–Kier alpha value is -3.64. The number of hydrogen-bond donors (Lipinski definition) is 1. The van der Waals surface area contributed by atoms with Crippen LogP contribution in [0.4, 0.5) is 5.69 Å². The van der Waals surface area contributed by atoms with Crippen molar-refractivity contribution in [3.05, 3.63) is 94.4 Å². The smallest absolute Gasteiger partial charge is 0.278 e. The average molecular weight is 462 g/mol. The van der Waals surface area contributed by atoms with Crippen molar-refractivity contribution in [1.82, 2.24) is 9.88 Å². The normalized spacial score (nSPS) is 13.8. The highest BCUT2D eigenvalue weighted by Crippen LogP contribution is 2.33. The third-order valence-electron chi connectivity index (χ3n) is 5.18. The highest BCUT2D eigenvalue weighted by atomic mass is 35.5. The largest absolute Gasteiger partial charge is 0.491 e. The fourth-order valence-electron chi connectivity index (χ4n) is 3.63. The van der Waals surface area contributed by atoms with E-state index in [1.54, 1.807) is 60.8 Å². The van der Waals surface area contributed by atoms with E-state index in [9.17, 15) is 9.59 Å². The van der Waals surface area contributed by atoms with Crippen molar-refractivity contribution in [2.45, 2.75) is 33.4 Å². The first-order chi connectivity index (χ1) is 15.8. The summed E-state index contributed by atoms with van der Waals surface area (Å²) in [6, 6.07) is 17.9. The van der Waals surface area contributed by atoms with Gasteiger partial charge in [0.25, 0.3) is 11.8 Å². The predicted molar refractivity (Wildman–Crippen MR) is 129 cm³/mol. The van der Waals surface area contributed by atoms with Crippen molar-refractivity contribution in [2.75, 3.05) is 5.32 Å². The maximum absolute atomic E-state index is 13.5. The molecule has 1 aliphatic rings. The number of hydrogen-bond acceptors (Lipinski definition) is 5. The minimum Gasteiger partial charge on any atom is -0.491 e. The van der Waals surface area contributed by atoms with E-state index in [-0.39, 0.29) is 24.3 Å². The monoisotopic (exact) mass is 461 g/mol. The molecule has 0 atom stereocenters. The Labute approximate surface area is 197 Å². The summed E-state index contributed by atoms with van der Waals surface area (Å²) < 4.78 is 5.71. The Bertz CT molecular complexity index is 1220. The number of nitrogens with zero attached hydrogens (tertiary/aromatic N) is 2. The zero-order valence-electron chi connectivity index (χ0n) is 18.6. The molecule has 0 spiro atoms. The van der Waals surface area contributed by atoms with E-state index in [0.717, 1.165) is 5.56 Å². The summed E-state index contributed by atoms with van der Waals surface area (Å²) in [5.74, 6) is -0.0886. The fraction of sp³-hybridized carbons (Fsp3) is 0.192. The molecule has 7 heteroatoms. The number of nitrogens with one attached hydrogen (secondary N) is 1. The number of rotatable bonds is 7. The molecule has 3 aromatic rings. The van der Waals surface area contributed by atoms with Crippen LogP contribution in [0.3, 0.4) is 0 Å². The lowest BCUT2D eigenvalue weighted by Crippen LogP contribution is -2.32.